The minimum absolute atomic E-state index is 0.126. The molecule has 2 heterocycles. The summed E-state index contributed by atoms with van der Waals surface area (Å²) in [5, 5.41) is 17.1. The summed E-state index contributed by atoms with van der Waals surface area (Å²) in [6, 6.07) is 0.372. The third-order valence-corrected chi connectivity index (χ3v) is 4.04. The Morgan fingerprint density at radius 2 is 2.14 bits per heavy atom. The Labute approximate surface area is 126 Å². The highest BCUT2D eigenvalue weighted by Crippen LogP contribution is 2.30. The lowest BCUT2D eigenvalue weighted by Gasteiger charge is -2.29. The molecular weight excluding hydrogens is 294 g/mol. The van der Waals surface area contributed by atoms with E-state index in [1.165, 1.54) is 0 Å². The van der Waals surface area contributed by atoms with Gasteiger partial charge in [0.05, 0.1) is 17.6 Å². The van der Waals surface area contributed by atoms with E-state index in [1.54, 1.807) is 12.4 Å². The van der Waals surface area contributed by atoms with E-state index < -0.39 is 6.61 Å². The van der Waals surface area contributed by atoms with Crippen LogP contribution >= 0.6 is 11.6 Å². The van der Waals surface area contributed by atoms with E-state index in [0.717, 1.165) is 36.7 Å². The third kappa shape index (κ3) is 2.98. The Kier molecular flexibility index (Phi) is 4.03. The van der Waals surface area contributed by atoms with Crippen molar-refractivity contribution in [3.8, 4) is 0 Å². The number of aromatic nitrogens is 4. The Hall–Kier alpha value is -1.73. The summed E-state index contributed by atoms with van der Waals surface area (Å²) in [5.41, 5.74) is 0.748. The number of halogens is 1. The number of hydrogen-bond acceptors (Lipinski definition) is 5. The second-order valence-electron chi connectivity index (χ2n) is 5.24. The molecule has 3 rings (SSSR count). The molecule has 0 spiro atoms. The van der Waals surface area contributed by atoms with Crippen molar-refractivity contribution < 1.29 is 9.90 Å². The molecule has 8 heteroatoms. The number of hydrogen-bond donors (Lipinski definition) is 2. The molecule has 1 aliphatic carbocycles. The lowest BCUT2D eigenvalue weighted by Crippen LogP contribution is -2.39. The molecule has 0 radical (unpaired) electrons. The van der Waals surface area contributed by atoms with Crippen LogP contribution in [0.4, 0.5) is 0 Å². The summed E-state index contributed by atoms with van der Waals surface area (Å²) in [6.07, 6.45) is 6.92. The molecule has 2 aromatic heterocycles. The lowest BCUT2D eigenvalue weighted by atomic mass is 9.91. The standard InChI is InChI=1S/C13H16ClN5O2/c14-13-15-5-8-6-16-19(12(8)18-13)10-3-1-9(2-4-10)17-11(21)7-20/h5-6,9-10,20H,1-4,7H2,(H,17,21)/t9-,10-. The van der Waals surface area contributed by atoms with E-state index in [1.807, 2.05) is 4.68 Å². The molecule has 0 saturated heterocycles. The minimum atomic E-state index is -0.459. The summed E-state index contributed by atoms with van der Waals surface area (Å²) >= 11 is 5.85. The first-order valence-corrected chi connectivity index (χ1v) is 7.31. The van der Waals surface area contributed by atoms with Gasteiger partial charge in [-0.05, 0) is 37.3 Å². The van der Waals surface area contributed by atoms with E-state index in [2.05, 4.69) is 20.4 Å². The van der Waals surface area contributed by atoms with Crippen molar-refractivity contribution >= 4 is 28.5 Å². The molecule has 1 saturated carbocycles. The topological polar surface area (TPSA) is 92.9 Å². The molecule has 0 aromatic carbocycles. The average molecular weight is 310 g/mol. The maximum absolute atomic E-state index is 11.2. The molecule has 1 amide bonds. The van der Waals surface area contributed by atoms with E-state index in [4.69, 9.17) is 16.7 Å². The van der Waals surface area contributed by atoms with E-state index in [-0.39, 0.29) is 23.3 Å². The number of aliphatic hydroxyl groups is 1. The maximum atomic E-state index is 11.2. The highest BCUT2D eigenvalue weighted by Gasteiger charge is 2.25. The van der Waals surface area contributed by atoms with Gasteiger partial charge in [-0.25, -0.2) is 9.67 Å². The second kappa shape index (κ2) is 5.95. The van der Waals surface area contributed by atoms with Gasteiger partial charge in [0, 0.05) is 12.2 Å². The molecule has 1 aliphatic rings. The van der Waals surface area contributed by atoms with E-state index in [0.29, 0.717) is 0 Å². The number of nitrogens with zero attached hydrogens (tertiary/aromatic N) is 4. The minimum Gasteiger partial charge on any atom is -0.387 e. The summed E-state index contributed by atoms with van der Waals surface area (Å²) in [5.74, 6) is -0.317. The van der Waals surface area contributed by atoms with Crippen molar-refractivity contribution in [2.75, 3.05) is 6.61 Å². The highest BCUT2D eigenvalue weighted by molar-refractivity contribution is 6.28. The number of carbonyl (C=O) groups is 1. The van der Waals surface area contributed by atoms with Gasteiger partial charge in [0.1, 0.15) is 6.61 Å². The van der Waals surface area contributed by atoms with Crippen molar-refractivity contribution in [2.45, 2.75) is 37.8 Å². The van der Waals surface area contributed by atoms with Gasteiger partial charge in [0.15, 0.2) is 5.65 Å². The number of amides is 1. The Morgan fingerprint density at radius 1 is 1.38 bits per heavy atom. The van der Waals surface area contributed by atoms with Gasteiger partial charge in [-0.15, -0.1) is 0 Å². The molecule has 0 bridgehead atoms. The van der Waals surface area contributed by atoms with Crippen LogP contribution in [0.25, 0.3) is 11.0 Å². The third-order valence-electron chi connectivity index (χ3n) is 3.86. The first-order valence-electron chi connectivity index (χ1n) is 6.93. The Balaban J connectivity index is 1.71. The van der Waals surface area contributed by atoms with Crippen molar-refractivity contribution in [2.24, 2.45) is 0 Å². The SMILES string of the molecule is O=C(CO)N[C@H]1CC[C@H](n2ncc3cnc(Cl)nc32)CC1. The smallest absolute Gasteiger partial charge is 0.245 e. The van der Waals surface area contributed by atoms with Crippen LogP contribution in [0.2, 0.25) is 5.28 Å². The van der Waals surface area contributed by atoms with Crippen LogP contribution < -0.4 is 5.32 Å². The zero-order chi connectivity index (χ0) is 14.8. The van der Waals surface area contributed by atoms with E-state index >= 15 is 0 Å². The largest absolute Gasteiger partial charge is 0.387 e. The Morgan fingerprint density at radius 3 is 2.86 bits per heavy atom. The summed E-state index contributed by atoms with van der Waals surface area (Å²) in [7, 11) is 0. The van der Waals surface area contributed by atoms with E-state index in [9.17, 15) is 4.79 Å². The van der Waals surface area contributed by atoms with Gasteiger partial charge in [-0.1, -0.05) is 0 Å². The Bertz CT molecular complexity index is 651. The van der Waals surface area contributed by atoms with Crippen LogP contribution in [-0.2, 0) is 4.79 Å². The second-order valence-corrected chi connectivity index (χ2v) is 5.58. The van der Waals surface area contributed by atoms with Gasteiger partial charge in [0.2, 0.25) is 11.2 Å². The summed E-state index contributed by atoms with van der Waals surface area (Å²) in [4.78, 5) is 19.4. The predicted octanol–water partition coefficient (Wildman–Crippen LogP) is 1.07. The van der Waals surface area contributed by atoms with Crippen LogP contribution in [0.15, 0.2) is 12.4 Å². The van der Waals surface area contributed by atoms with Crippen molar-refractivity contribution in [3.63, 3.8) is 0 Å². The van der Waals surface area contributed by atoms with Gasteiger partial charge < -0.3 is 10.4 Å². The zero-order valence-corrected chi connectivity index (χ0v) is 12.1. The zero-order valence-electron chi connectivity index (χ0n) is 11.4. The molecule has 21 heavy (non-hydrogen) atoms. The molecule has 0 aliphatic heterocycles. The fourth-order valence-electron chi connectivity index (χ4n) is 2.82. The van der Waals surface area contributed by atoms with Crippen LogP contribution in [0.3, 0.4) is 0 Å². The van der Waals surface area contributed by atoms with Crippen molar-refractivity contribution in [3.05, 3.63) is 17.7 Å². The lowest BCUT2D eigenvalue weighted by molar-refractivity contribution is -0.124. The fraction of sp³-hybridized carbons (Fsp3) is 0.538. The molecule has 112 valence electrons. The van der Waals surface area contributed by atoms with Crippen LogP contribution in [0, 0.1) is 0 Å². The molecule has 1 fully saturated rings. The van der Waals surface area contributed by atoms with Crippen molar-refractivity contribution in [1.82, 2.24) is 25.1 Å². The number of rotatable bonds is 3. The predicted molar refractivity (Wildman–Crippen MR) is 76.9 cm³/mol. The van der Waals surface area contributed by atoms with Crippen LogP contribution in [0.1, 0.15) is 31.7 Å². The highest BCUT2D eigenvalue weighted by atomic mass is 35.5. The number of fused-ring (bicyclic) bond motifs is 1. The summed E-state index contributed by atoms with van der Waals surface area (Å²) < 4.78 is 1.90. The molecule has 0 unspecified atom stereocenters. The molecule has 0 atom stereocenters. The van der Waals surface area contributed by atoms with Gasteiger partial charge >= 0.3 is 0 Å². The monoisotopic (exact) mass is 309 g/mol. The first kappa shape index (κ1) is 14.2. The normalized spacial score (nSPS) is 22.4. The van der Waals surface area contributed by atoms with Gasteiger partial charge in [-0.2, -0.15) is 10.1 Å². The molecular formula is C13H16ClN5O2. The van der Waals surface area contributed by atoms with Crippen LogP contribution in [0.5, 0.6) is 0 Å². The average Bonchev–Trinajstić information content (AvgIpc) is 2.91. The quantitative estimate of drug-likeness (QED) is 0.827. The van der Waals surface area contributed by atoms with Crippen molar-refractivity contribution in [1.29, 1.82) is 0 Å². The maximum Gasteiger partial charge on any atom is 0.245 e. The fourth-order valence-corrected chi connectivity index (χ4v) is 2.95. The molecule has 2 aromatic rings. The number of carbonyl (C=O) groups excluding carboxylic acids is 1. The van der Waals surface area contributed by atoms with Gasteiger partial charge in [-0.3, -0.25) is 4.79 Å². The number of nitrogens with one attached hydrogen (secondary N) is 1. The molecule has 2 N–H and O–H groups in total. The van der Waals surface area contributed by atoms with Crippen LogP contribution in [-0.4, -0.2) is 43.4 Å². The summed E-state index contributed by atoms with van der Waals surface area (Å²) in [6.45, 7) is -0.459. The van der Waals surface area contributed by atoms with Gasteiger partial charge in [0.25, 0.3) is 0 Å². The molecule has 7 nitrogen and oxygen atoms in total. The number of aliphatic hydroxyl groups excluding tert-OH is 1. The first-order chi connectivity index (χ1) is 10.2.